The summed E-state index contributed by atoms with van der Waals surface area (Å²) in [4.78, 5) is 11.7. The highest BCUT2D eigenvalue weighted by molar-refractivity contribution is 5.94. The molecule has 0 aliphatic carbocycles. The second-order valence-electron chi connectivity index (χ2n) is 3.96. The van der Waals surface area contributed by atoms with Crippen molar-refractivity contribution in [3.05, 3.63) is 42.1 Å². The standard InChI is InChI=1S/C13H12NO/c15-13-6-3-9-14-11-5-2-1-4-10(11)7-8-12(13)14/h1-2,4-5,7-8H,3,6,9H2/q+1. The van der Waals surface area contributed by atoms with E-state index in [2.05, 4.69) is 16.7 Å². The van der Waals surface area contributed by atoms with Gasteiger partial charge in [0.05, 0.1) is 0 Å². The zero-order chi connectivity index (χ0) is 10.3. The third kappa shape index (κ3) is 1.25. The van der Waals surface area contributed by atoms with E-state index in [0.29, 0.717) is 6.42 Å². The Kier molecular flexibility index (Phi) is 1.81. The predicted molar refractivity (Wildman–Crippen MR) is 57.7 cm³/mol. The second-order valence-corrected chi connectivity index (χ2v) is 3.96. The SMILES string of the molecule is O=C1CCC[n+]2c1ccc1ccccc12. The largest absolute Gasteiger partial charge is 0.287 e. The van der Waals surface area contributed by atoms with E-state index in [4.69, 9.17) is 0 Å². The average molecular weight is 198 g/mol. The van der Waals surface area contributed by atoms with Gasteiger partial charge in [0.1, 0.15) is 6.54 Å². The van der Waals surface area contributed by atoms with E-state index in [9.17, 15) is 4.79 Å². The third-order valence-corrected chi connectivity index (χ3v) is 3.01. The summed E-state index contributed by atoms with van der Waals surface area (Å²) in [5.41, 5.74) is 2.03. The van der Waals surface area contributed by atoms with Crippen LogP contribution in [0, 0.1) is 0 Å². The summed E-state index contributed by atoms with van der Waals surface area (Å²) in [6.45, 7) is 0.961. The maximum Gasteiger partial charge on any atom is 0.249 e. The molecule has 0 unspecified atom stereocenters. The van der Waals surface area contributed by atoms with Gasteiger partial charge in [0.2, 0.25) is 17.0 Å². The van der Waals surface area contributed by atoms with E-state index in [-0.39, 0.29) is 5.78 Å². The molecule has 0 fully saturated rings. The molecular formula is C13H12NO+. The Morgan fingerprint density at radius 1 is 1.07 bits per heavy atom. The number of hydrogen-bond acceptors (Lipinski definition) is 1. The lowest BCUT2D eigenvalue weighted by Crippen LogP contribution is -2.44. The summed E-state index contributed by atoms with van der Waals surface area (Å²) >= 11 is 0. The fraction of sp³-hybridized carbons (Fsp3) is 0.231. The number of nitrogens with zero attached hydrogens (tertiary/aromatic N) is 1. The minimum atomic E-state index is 0.270. The number of aryl methyl sites for hydroxylation is 1. The summed E-state index contributed by atoms with van der Waals surface area (Å²) in [5, 5.41) is 1.20. The van der Waals surface area contributed by atoms with Crippen molar-refractivity contribution in [1.82, 2.24) is 0 Å². The van der Waals surface area contributed by atoms with Crippen LogP contribution in [-0.4, -0.2) is 5.78 Å². The van der Waals surface area contributed by atoms with Gasteiger partial charge < -0.3 is 0 Å². The van der Waals surface area contributed by atoms with Crippen molar-refractivity contribution in [2.75, 3.05) is 0 Å². The Hall–Kier alpha value is -1.70. The van der Waals surface area contributed by atoms with Crippen LogP contribution in [0.2, 0.25) is 0 Å². The highest BCUT2D eigenvalue weighted by Crippen LogP contribution is 2.15. The molecule has 1 aromatic carbocycles. The molecule has 0 N–H and O–H groups in total. The van der Waals surface area contributed by atoms with E-state index in [1.165, 1.54) is 10.9 Å². The van der Waals surface area contributed by atoms with Crippen molar-refractivity contribution in [2.45, 2.75) is 19.4 Å². The summed E-state index contributed by atoms with van der Waals surface area (Å²) in [6.07, 6.45) is 1.66. The molecule has 0 radical (unpaired) electrons. The Balaban J connectivity index is 2.38. The van der Waals surface area contributed by atoms with E-state index >= 15 is 0 Å². The minimum Gasteiger partial charge on any atom is -0.287 e. The van der Waals surface area contributed by atoms with E-state index < -0.39 is 0 Å². The van der Waals surface area contributed by atoms with Gasteiger partial charge in [-0.1, -0.05) is 12.1 Å². The quantitative estimate of drug-likeness (QED) is 0.594. The lowest BCUT2D eigenvalue weighted by Gasteiger charge is -2.10. The van der Waals surface area contributed by atoms with E-state index in [1.54, 1.807) is 0 Å². The molecule has 2 nitrogen and oxygen atoms in total. The van der Waals surface area contributed by atoms with Crippen LogP contribution in [0.5, 0.6) is 0 Å². The van der Waals surface area contributed by atoms with Crippen LogP contribution in [0.15, 0.2) is 36.4 Å². The van der Waals surface area contributed by atoms with Crippen molar-refractivity contribution in [3.63, 3.8) is 0 Å². The predicted octanol–water partition coefficient (Wildman–Crippen LogP) is 2.10. The average Bonchev–Trinajstić information content (AvgIpc) is 2.29. The first-order valence-corrected chi connectivity index (χ1v) is 5.31. The fourth-order valence-corrected chi connectivity index (χ4v) is 2.27. The van der Waals surface area contributed by atoms with Crippen molar-refractivity contribution < 1.29 is 9.36 Å². The molecule has 0 atom stereocenters. The molecule has 1 aliphatic heterocycles. The monoisotopic (exact) mass is 198 g/mol. The number of rotatable bonds is 0. The molecule has 2 heterocycles. The van der Waals surface area contributed by atoms with Crippen LogP contribution in [0.25, 0.3) is 10.9 Å². The van der Waals surface area contributed by atoms with Gasteiger partial charge in [0.25, 0.3) is 0 Å². The molecule has 74 valence electrons. The summed E-state index contributed by atoms with van der Waals surface area (Å²) in [6, 6.07) is 12.2. The highest BCUT2D eigenvalue weighted by Gasteiger charge is 2.25. The molecule has 0 saturated carbocycles. The first-order chi connectivity index (χ1) is 7.36. The fourth-order valence-electron chi connectivity index (χ4n) is 2.27. The molecular weight excluding hydrogens is 186 g/mol. The van der Waals surface area contributed by atoms with Crippen LogP contribution in [0.1, 0.15) is 23.3 Å². The highest BCUT2D eigenvalue weighted by atomic mass is 16.1. The van der Waals surface area contributed by atoms with E-state index in [0.717, 1.165) is 18.7 Å². The molecule has 15 heavy (non-hydrogen) atoms. The smallest absolute Gasteiger partial charge is 0.249 e. The van der Waals surface area contributed by atoms with Crippen molar-refractivity contribution >= 4 is 16.7 Å². The Morgan fingerprint density at radius 2 is 1.93 bits per heavy atom. The number of Topliss-reactive ketones (excluding diaryl/α,β-unsaturated/α-hetero) is 1. The minimum absolute atomic E-state index is 0.270. The Morgan fingerprint density at radius 3 is 2.87 bits per heavy atom. The molecule has 2 heteroatoms. The van der Waals surface area contributed by atoms with Gasteiger partial charge in [0.15, 0.2) is 0 Å². The van der Waals surface area contributed by atoms with E-state index in [1.807, 2.05) is 24.3 Å². The number of benzene rings is 1. The second kappa shape index (κ2) is 3.16. The first-order valence-electron chi connectivity index (χ1n) is 5.31. The molecule has 2 aromatic rings. The lowest BCUT2D eigenvalue weighted by molar-refractivity contribution is -0.676. The van der Waals surface area contributed by atoms with Gasteiger partial charge in [0, 0.05) is 30.4 Å². The number of pyridine rings is 1. The summed E-state index contributed by atoms with van der Waals surface area (Å²) < 4.78 is 2.14. The normalized spacial score (nSPS) is 15.3. The Labute approximate surface area is 88.2 Å². The van der Waals surface area contributed by atoms with Gasteiger partial charge in [-0.05, 0) is 12.1 Å². The van der Waals surface area contributed by atoms with Crippen molar-refractivity contribution in [2.24, 2.45) is 0 Å². The number of aromatic nitrogens is 1. The molecule has 0 spiro atoms. The lowest BCUT2D eigenvalue weighted by atomic mass is 10.0. The Bertz CT molecular complexity index is 545. The zero-order valence-electron chi connectivity index (χ0n) is 8.44. The van der Waals surface area contributed by atoms with Crippen molar-refractivity contribution in [3.8, 4) is 0 Å². The van der Waals surface area contributed by atoms with Crippen LogP contribution >= 0.6 is 0 Å². The molecule has 0 amide bonds. The topological polar surface area (TPSA) is 20.9 Å². The molecule has 1 aliphatic rings. The summed E-state index contributed by atoms with van der Waals surface area (Å²) in [5.74, 6) is 0.270. The maximum atomic E-state index is 11.7. The number of carbonyl (C=O) groups is 1. The van der Waals surface area contributed by atoms with Crippen LogP contribution in [0.4, 0.5) is 0 Å². The summed E-state index contributed by atoms with van der Waals surface area (Å²) in [7, 11) is 0. The first kappa shape index (κ1) is 8.60. The van der Waals surface area contributed by atoms with Gasteiger partial charge in [-0.3, -0.25) is 4.79 Å². The number of ketones is 1. The number of fused-ring (bicyclic) bond motifs is 3. The van der Waals surface area contributed by atoms with Gasteiger partial charge in [-0.25, -0.2) is 0 Å². The number of para-hydroxylation sites is 1. The molecule has 0 bridgehead atoms. The number of hydrogen-bond donors (Lipinski definition) is 0. The molecule has 0 saturated heterocycles. The van der Waals surface area contributed by atoms with Gasteiger partial charge in [-0.15, -0.1) is 0 Å². The van der Waals surface area contributed by atoms with Gasteiger partial charge in [-0.2, -0.15) is 4.57 Å². The third-order valence-electron chi connectivity index (χ3n) is 3.01. The van der Waals surface area contributed by atoms with Crippen molar-refractivity contribution in [1.29, 1.82) is 0 Å². The maximum absolute atomic E-state index is 11.7. The number of carbonyl (C=O) groups excluding carboxylic acids is 1. The van der Waals surface area contributed by atoms with Crippen LogP contribution in [-0.2, 0) is 6.54 Å². The molecule has 3 rings (SSSR count). The van der Waals surface area contributed by atoms with Gasteiger partial charge >= 0.3 is 0 Å². The van der Waals surface area contributed by atoms with Crippen LogP contribution in [0.3, 0.4) is 0 Å². The molecule has 1 aromatic heterocycles. The zero-order valence-corrected chi connectivity index (χ0v) is 8.44. The van der Waals surface area contributed by atoms with Crippen LogP contribution < -0.4 is 4.57 Å².